The molecule has 0 spiro atoms. The Labute approximate surface area is 81.2 Å². The van der Waals surface area contributed by atoms with Crippen LogP contribution in [0.1, 0.15) is 13.8 Å². The second kappa shape index (κ2) is 2.76. The second-order valence-electron chi connectivity index (χ2n) is 4.11. The normalized spacial score (nSPS) is 56.3. The van der Waals surface area contributed by atoms with E-state index in [1.165, 1.54) is 0 Å². The molecule has 14 heavy (non-hydrogen) atoms. The molecule has 0 unspecified atom stereocenters. The van der Waals surface area contributed by atoms with Gasteiger partial charge >= 0.3 is 0 Å². The molecule has 3 fully saturated rings. The monoisotopic (exact) mass is 200 g/mol. The average molecular weight is 200 g/mol. The second-order valence-corrected chi connectivity index (χ2v) is 4.11. The van der Waals surface area contributed by atoms with Crippen LogP contribution in [-0.2, 0) is 24.0 Å². The maximum Gasteiger partial charge on any atom is 0.221 e. The van der Waals surface area contributed by atoms with Crippen molar-refractivity contribution >= 4 is 5.78 Å². The predicted molar refractivity (Wildman–Crippen MR) is 42.8 cm³/mol. The Morgan fingerprint density at radius 3 is 1.93 bits per heavy atom. The van der Waals surface area contributed by atoms with Crippen LogP contribution in [-0.4, -0.2) is 30.6 Å². The van der Waals surface area contributed by atoms with Crippen LogP contribution in [0.4, 0.5) is 0 Å². The molecule has 78 valence electrons. The van der Waals surface area contributed by atoms with Crippen molar-refractivity contribution in [3.8, 4) is 0 Å². The van der Waals surface area contributed by atoms with E-state index < -0.39 is 12.6 Å². The van der Waals surface area contributed by atoms with E-state index in [-0.39, 0.29) is 29.8 Å². The van der Waals surface area contributed by atoms with Gasteiger partial charge in [0.05, 0.1) is 0 Å². The van der Waals surface area contributed by atoms with Crippen molar-refractivity contribution in [1.29, 1.82) is 0 Å². The first kappa shape index (κ1) is 8.79. The first-order valence-electron chi connectivity index (χ1n) is 4.85. The molecular formula is C9H12O5. The fourth-order valence-corrected chi connectivity index (χ4v) is 2.31. The van der Waals surface area contributed by atoms with Gasteiger partial charge < -0.3 is 9.47 Å². The highest BCUT2D eigenvalue weighted by Crippen LogP contribution is 2.40. The van der Waals surface area contributed by atoms with Gasteiger partial charge in [-0.3, -0.25) is 4.79 Å². The van der Waals surface area contributed by atoms with Gasteiger partial charge in [0.2, 0.25) is 12.6 Å². The van der Waals surface area contributed by atoms with Crippen molar-refractivity contribution in [2.45, 2.75) is 38.6 Å². The standard InChI is InChI=1S/C9H12O5/c1-3-5(10)4(2)7-9-12-8(13-14-9)6(3)11-7/h3-4,6-9H,1-2H3/t3-,4+,6+,7-,8+,9-. The zero-order valence-electron chi connectivity index (χ0n) is 8.01. The van der Waals surface area contributed by atoms with Gasteiger partial charge in [0.15, 0.2) is 0 Å². The Bertz CT molecular complexity index is 254. The Morgan fingerprint density at radius 2 is 1.43 bits per heavy atom. The van der Waals surface area contributed by atoms with Gasteiger partial charge in [-0.15, -0.1) is 0 Å². The van der Waals surface area contributed by atoms with Gasteiger partial charge in [0, 0.05) is 11.8 Å². The fraction of sp³-hybridized carbons (Fsp3) is 0.889. The molecule has 3 aliphatic rings. The quantitative estimate of drug-likeness (QED) is 0.524. The lowest BCUT2D eigenvalue weighted by atomic mass is 9.83. The van der Waals surface area contributed by atoms with Crippen molar-refractivity contribution in [2.24, 2.45) is 11.8 Å². The van der Waals surface area contributed by atoms with Crippen LogP contribution in [0.3, 0.4) is 0 Å². The van der Waals surface area contributed by atoms with Crippen molar-refractivity contribution in [1.82, 2.24) is 0 Å². The van der Waals surface area contributed by atoms with Crippen molar-refractivity contribution in [3.63, 3.8) is 0 Å². The average Bonchev–Trinajstić information content (AvgIpc) is 2.59. The first-order valence-corrected chi connectivity index (χ1v) is 4.85. The third-order valence-electron chi connectivity index (χ3n) is 3.25. The van der Waals surface area contributed by atoms with Crippen LogP contribution in [0.5, 0.6) is 0 Å². The molecule has 3 heterocycles. The molecule has 6 atom stereocenters. The Kier molecular flexibility index (Phi) is 1.73. The third-order valence-corrected chi connectivity index (χ3v) is 3.25. The number of fused-ring (bicyclic) bond motifs is 6. The Morgan fingerprint density at radius 1 is 0.929 bits per heavy atom. The van der Waals surface area contributed by atoms with Crippen LogP contribution in [0.25, 0.3) is 0 Å². The Balaban J connectivity index is 1.96. The molecular weight excluding hydrogens is 188 g/mol. The maximum atomic E-state index is 11.8. The molecule has 0 aliphatic carbocycles. The molecule has 0 saturated carbocycles. The summed E-state index contributed by atoms with van der Waals surface area (Å²) in [7, 11) is 0. The molecule has 0 aromatic carbocycles. The zero-order chi connectivity index (χ0) is 9.87. The minimum Gasteiger partial charge on any atom is -0.363 e. The third kappa shape index (κ3) is 0.954. The van der Waals surface area contributed by atoms with E-state index in [1.807, 2.05) is 13.8 Å². The number of carbonyl (C=O) groups is 1. The largest absolute Gasteiger partial charge is 0.363 e. The lowest BCUT2D eigenvalue weighted by molar-refractivity contribution is -0.293. The summed E-state index contributed by atoms with van der Waals surface area (Å²) in [6.07, 6.45) is -1.71. The molecule has 0 radical (unpaired) electrons. The summed E-state index contributed by atoms with van der Waals surface area (Å²) in [6, 6.07) is 0. The van der Waals surface area contributed by atoms with E-state index in [1.54, 1.807) is 0 Å². The molecule has 0 aromatic heterocycles. The number of carbonyl (C=O) groups excluding carboxylic acids is 1. The Hall–Kier alpha value is -0.490. The first-order chi connectivity index (χ1) is 6.68. The maximum absolute atomic E-state index is 11.8. The number of Topliss-reactive ketones (excluding diaryl/α,β-unsaturated/α-hetero) is 1. The predicted octanol–water partition coefficient (Wildman–Crippen LogP) is 0.239. The van der Waals surface area contributed by atoms with Gasteiger partial charge in [0.25, 0.3) is 0 Å². The summed E-state index contributed by atoms with van der Waals surface area (Å²) in [5.41, 5.74) is 0. The molecule has 5 heteroatoms. The molecule has 0 N–H and O–H groups in total. The highest BCUT2D eigenvalue weighted by atomic mass is 17.3. The van der Waals surface area contributed by atoms with Gasteiger partial charge in [-0.1, -0.05) is 13.8 Å². The zero-order valence-corrected chi connectivity index (χ0v) is 8.01. The van der Waals surface area contributed by atoms with Gasteiger partial charge in [-0.2, -0.15) is 9.78 Å². The lowest BCUT2D eigenvalue weighted by Crippen LogP contribution is -2.58. The van der Waals surface area contributed by atoms with Crippen LogP contribution < -0.4 is 0 Å². The number of ether oxygens (including phenoxy) is 2. The smallest absolute Gasteiger partial charge is 0.221 e. The molecule has 5 nitrogen and oxygen atoms in total. The van der Waals surface area contributed by atoms with E-state index in [9.17, 15) is 4.79 Å². The van der Waals surface area contributed by atoms with E-state index in [2.05, 4.69) is 0 Å². The van der Waals surface area contributed by atoms with Gasteiger partial charge in [-0.25, -0.2) is 0 Å². The van der Waals surface area contributed by atoms with E-state index in [4.69, 9.17) is 19.2 Å². The summed E-state index contributed by atoms with van der Waals surface area (Å²) in [5, 5.41) is 0. The fourth-order valence-electron chi connectivity index (χ4n) is 2.31. The van der Waals surface area contributed by atoms with E-state index in [0.717, 1.165) is 0 Å². The van der Waals surface area contributed by atoms with Crippen LogP contribution >= 0.6 is 0 Å². The number of rotatable bonds is 0. The molecule has 3 rings (SSSR count). The van der Waals surface area contributed by atoms with E-state index >= 15 is 0 Å². The minimum atomic E-state index is -0.539. The van der Waals surface area contributed by atoms with Crippen LogP contribution in [0.2, 0.25) is 0 Å². The number of hydrogen-bond donors (Lipinski definition) is 0. The van der Waals surface area contributed by atoms with Crippen molar-refractivity contribution in [2.75, 3.05) is 0 Å². The summed E-state index contributed by atoms with van der Waals surface area (Å²) in [4.78, 5) is 21.7. The SMILES string of the molecule is C[C@@H]1C(=O)[C@H](C)[C@H]2O[C@@H]1[C@@H]1OO[C@H]2O1. The topological polar surface area (TPSA) is 54.0 Å². The summed E-state index contributed by atoms with van der Waals surface area (Å²) < 4.78 is 11.1. The van der Waals surface area contributed by atoms with Crippen molar-refractivity contribution < 1.29 is 24.0 Å². The number of hydrogen-bond acceptors (Lipinski definition) is 5. The highest BCUT2D eigenvalue weighted by molar-refractivity contribution is 5.84. The summed E-state index contributed by atoms with van der Waals surface area (Å²) >= 11 is 0. The minimum absolute atomic E-state index is 0.186. The van der Waals surface area contributed by atoms with Crippen LogP contribution in [0, 0.1) is 11.8 Å². The highest BCUT2D eigenvalue weighted by Gasteiger charge is 2.56. The summed E-state index contributed by atoms with van der Waals surface area (Å²) in [5.74, 6) is -0.165. The summed E-state index contributed by atoms with van der Waals surface area (Å²) in [6.45, 7) is 3.68. The number of ketones is 1. The van der Waals surface area contributed by atoms with Crippen LogP contribution in [0.15, 0.2) is 0 Å². The van der Waals surface area contributed by atoms with Gasteiger partial charge in [-0.05, 0) is 0 Å². The molecule has 3 saturated heterocycles. The molecule has 3 aliphatic heterocycles. The van der Waals surface area contributed by atoms with E-state index in [0.29, 0.717) is 0 Å². The van der Waals surface area contributed by atoms with Gasteiger partial charge in [0.1, 0.15) is 18.0 Å². The molecule has 4 bridgehead atoms. The molecule has 0 aromatic rings. The van der Waals surface area contributed by atoms with Crippen molar-refractivity contribution in [3.05, 3.63) is 0 Å². The molecule has 0 amide bonds. The lowest BCUT2D eigenvalue weighted by Gasteiger charge is -2.42.